The van der Waals surface area contributed by atoms with Gasteiger partial charge in [-0.05, 0) is 26.6 Å². The molecule has 0 saturated carbocycles. The zero-order valence-electron chi connectivity index (χ0n) is 8.24. The predicted molar refractivity (Wildman–Crippen MR) is 53.2 cm³/mol. The van der Waals surface area contributed by atoms with E-state index in [9.17, 15) is 4.79 Å². The van der Waals surface area contributed by atoms with Gasteiger partial charge in [-0.25, -0.2) is 0 Å². The third-order valence-corrected chi connectivity index (χ3v) is 2.43. The molecule has 1 rings (SSSR count). The van der Waals surface area contributed by atoms with Gasteiger partial charge in [0, 0.05) is 0 Å². The maximum absolute atomic E-state index is 10.9. The summed E-state index contributed by atoms with van der Waals surface area (Å²) in [6.07, 6.45) is 2.07. The third kappa shape index (κ3) is 1.78. The lowest BCUT2D eigenvalue weighted by Gasteiger charge is -2.30. The van der Waals surface area contributed by atoms with Crippen molar-refractivity contribution in [3.05, 3.63) is 35.9 Å². The molecular weight excluding hydrogens is 162 g/mol. The van der Waals surface area contributed by atoms with Crippen molar-refractivity contribution < 1.29 is 4.79 Å². The van der Waals surface area contributed by atoms with Crippen LogP contribution in [0.2, 0.25) is 0 Å². The summed E-state index contributed by atoms with van der Waals surface area (Å²) in [7, 11) is 3.75. The number of carbonyl (C=O) groups excluding carboxylic acids is 1. The molecule has 2 nitrogen and oxygen atoms in total. The fraction of sp³-hybridized carbons (Fsp3) is 0.364. The van der Waals surface area contributed by atoms with Crippen LogP contribution >= 0.6 is 0 Å². The van der Waals surface area contributed by atoms with Gasteiger partial charge in [0.25, 0.3) is 0 Å². The molecule has 0 saturated heterocycles. The van der Waals surface area contributed by atoms with Crippen molar-refractivity contribution >= 4 is 6.29 Å². The first kappa shape index (κ1) is 9.93. The molecule has 1 atom stereocenters. The Morgan fingerprint density at radius 2 is 1.77 bits per heavy atom. The van der Waals surface area contributed by atoms with Crippen LogP contribution in [0.3, 0.4) is 0 Å². The Morgan fingerprint density at radius 3 is 2.15 bits per heavy atom. The zero-order chi connectivity index (χ0) is 9.90. The molecule has 1 aromatic rings. The first-order valence-electron chi connectivity index (χ1n) is 4.23. The molecule has 0 heterocycles. The highest BCUT2D eigenvalue weighted by molar-refractivity contribution is 5.67. The second-order valence-corrected chi connectivity index (χ2v) is 3.43. The van der Waals surface area contributed by atoms with Crippen LogP contribution in [0, 0.1) is 0 Å². The molecule has 13 heavy (non-hydrogen) atoms. The van der Waals surface area contributed by atoms with Gasteiger partial charge in [-0.3, -0.25) is 9.69 Å². The van der Waals surface area contributed by atoms with Gasteiger partial charge in [0.15, 0.2) is 0 Å². The maximum Gasteiger partial charge on any atom is 0.225 e. The highest BCUT2D eigenvalue weighted by Gasteiger charge is 2.29. The van der Waals surface area contributed by atoms with Gasteiger partial charge in [0.2, 0.25) is 6.29 Å². The van der Waals surface area contributed by atoms with Crippen LogP contribution < -0.4 is 0 Å². The van der Waals surface area contributed by atoms with Crippen molar-refractivity contribution in [2.45, 2.75) is 12.5 Å². The number of likely N-dealkylation sites (N-methyl/N-ethyl adjacent to an activating group) is 1. The molecule has 0 aliphatic heterocycles. The first-order valence-corrected chi connectivity index (χ1v) is 4.23. The molecule has 0 N–H and O–H groups in total. The summed E-state index contributed by atoms with van der Waals surface area (Å²) in [4.78, 5) is 12.8. The smallest absolute Gasteiger partial charge is 0.225 e. The van der Waals surface area contributed by atoms with E-state index < -0.39 is 5.54 Å². The molecule has 2 heteroatoms. The second kappa shape index (κ2) is 3.71. The fourth-order valence-corrected chi connectivity index (χ4v) is 1.17. The zero-order valence-corrected chi connectivity index (χ0v) is 8.24. The van der Waals surface area contributed by atoms with E-state index in [-0.39, 0.29) is 0 Å². The Morgan fingerprint density at radius 1 is 1.23 bits per heavy atom. The summed E-state index contributed by atoms with van der Waals surface area (Å²) in [6.45, 7) is 1.86. The van der Waals surface area contributed by atoms with E-state index in [4.69, 9.17) is 0 Å². The van der Waals surface area contributed by atoms with Crippen LogP contribution in [0.5, 0.6) is 0 Å². The van der Waals surface area contributed by atoms with Crippen molar-refractivity contribution in [1.29, 1.82) is 0 Å². The van der Waals surface area contributed by atoms with E-state index in [2.05, 4.69) is 6.29 Å². The van der Waals surface area contributed by atoms with Crippen LogP contribution in [0.15, 0.2) is 30.3 Å². The van der Waals surface area contributed by atoms with Crippen molar-refractivity contribution in [3.63, 3.8) is 0 Å². The molecule has 0 aliphatic rings. The average Bonchev–Trinajstić information content (AvgIpc) is 2.17. The fourth-order valence-electron chi connectivity index (χ4n) is 1.17. The lowest BCUT2D eigenvalue weighted by atomic mass is 9.93. The predicted octanol–water partition coefficient (Wildman–Crippen LogP) is 1.57. The summed E-state index contributed by atoms with van der Waals surface area (Å²) in [5.41, 5.74) is 0.330. The monoisotopic (exact) mass is 176 g/mol. The van der Waals surface area contributed by atoms with Crippen LogP contribution in [-0.2, 0) is 10.3 Å². The average molecular weight is 176 g/mol. The van der Waals surface area contributed by atoms with Crippen LogP contribution in [0.25, 0.3) is 0 Å². The SMILES string of the molecule is CN(C)C(C)([C]=O)c1ccccc1. The molecule has 69 valence electrons. The number of rotatable bonds is 3. The van der Waals surface area contributed by atoms with Crippen LogP contribution in [-0.4, -0.2) is 25.3 Å². The summed E-state index contributed by atoms with van der Waals surface area (Å²) in [6, 6.07) is 9.66. The Kier molecular flexibility index (Phi) is 2.83. The van der Waals surface area contributed by atoms with Crippen molar-refractivity contribution in [2.75, 3.05) is 14.1 Å². The number of benzene rings is 1. The molecule has 0 spiro atoms. The lowest BCUT2D eigenvalue weighted by molar-refractivity contribution is 0.246. The van der Waals surface area contributed by atoms with Gasteiger partial charge in [0.1, 0.15) is 5.54 Å². The number of hydrogen-bond acceptors (Lipinski definition) is 2. The minimum atomic E-state index is -0.638. The van der Waals surface area contributed by atoms with Gasteiger partial charge in [0.05, 0.1) is 0 Å². The minimum Gasteiger partial charge on any atom is -0.293 e. The largest absolute Gasteiger partial charge is 0.293 e. The van der Waals surface area contributed by atoms with Crippen molar-refractivity contribution in [2.24, 2.45) is 0 Å². The lowest BCUT2D eigenvalue weighted by Crippen LogP contribution is -2.39. The van der Waals surface area contributed by atoms with Gasteiger partial charge in [-0.15, -0.1) is 0 Å². The Balaban J connectivity index is 3.10. The van der Waals surface area contributed by atoms with E-state index in [0.717, 1.165) is 5.56 Å². The van der Waals surface area contributed by atoms with E-state index in [1.54, 1.807) is 0 Å². The van der Waals surface area contributed by atoms with Crippen LogP contribution in [0.4, 0.5) is 0 Å². The molecule has 1 aromatic carbocycles. The second-order valence-electron chi connectivity index (χ2n) is 3.43. The van der Waals surface area contributed by atoms with E-state index in [1.807, 2.05) is 56.3 Å². The normalized spacial score (nSPS) is 15.4. The van der Waals surface area contributed by atoms with E-state index in [0.29, 0.717) is 0 Å². The van der Waals surface area contributed by atoms with Crippen molar-refractivity contribution in [3.8, 4) is 0 Å². The number of hydrogen-bond donors (Lipinski definition) is 0. The highest BCUT2D eigenvalue weighted by Crippen LogP contribution is 2.22. The summed E-state index contributed by atoms with van der Waals surface area (Å²) in [5.74, 6) is 0. The molecule has 0 aromatic heterocycles. The van der Waals surface area contributed by atoms with E-state index >= 15 is 0 Å². The van der Waals surface area contributed by atoms with Crippen molar-refractivity contribution in [1.82, 2.24) is 4.90 Å². The van der Waals surface area contributed by atoms with Gasteiger partial charge >= 0.3 is 0 Å². The molecule has 1 radical (unpaired) electrons. The van der Waals surface area contributed by atoms with Gasteiger partial charge < -0.3 is 0 Å². The van der Waals surface area contributed by atoms with Gasteiger partial charge in [-0.1, -0.05) is 30.3 Å². The first-order chi connectivity index (χ1) is 6.11. The van der Waals surface area contributed by atoms with Gasteiger partial charge in [-0.2, -0.15) is 0 Å². The van der Waals surface area contributed by atoms with E-state index in [1.165, 1.54) is 0 Å². The Bertz CT molecular complexity index is 281. The third-order valence-electron chi connectivity index (χ3n) is 2.43. The minimum absolute atomic E-state index is 0.638. The Labute approximate surface area is 79.2 Å². The molecule has 1 unspecified atom stereocenters. The molecular formula is C11H14NO. The topological polar surface area (TPSA) is 20.3 Å². The summed E-state index contributed by atoms with van der Waals surface area (Å²) in [5, 5.41) is 0. The number of nitrogens with zero attached hydrogens (tertiary/aromatic N) is 1. The quantitative estimate of drug-likeness (QED) is 0.696. The Hall–Kier alpha value is -1.15. The highest BCUT2D eigenvalue weighted by atomic mass is 16.1. The molecule has 0 bridgehead atoms. The standard InChI is InChI=1S/C11H14NO/c1-11(9-13,12(2)3)10-7-5-4-6-8-10/h4-8H,1-3H3. The molecule has 0 aliphatic carbocycles. The molecule has 0 fully saturated rings. The maximum atomic E-state index is 10.9. The summed E-state index contributed by atoms with van der Waals surface area (Å²) >= 11 is 0. The summed E-state index contributed by atoms with van der Waals surface area (Å²) < 4.78 is 0. The molecule has 0 amide bonds. The van der Waals surface area contributed by atoms with Crippen LogP contribution in [0.1, 0.15) is 12.5 Å².